The monoisotopic (exact) mass is 1670 g/mol. The minimum atomic E-state index is -2.83. The highest BCUT2D eigenvalue weighted by Gasteiger charge is 2.46. The van der Waals surface area contributed by atoms with E-state index < -0.39 is 15.1 Å². The molecule has 19 aromatic carbocycles. The number of para-hydroxylation sites is 2. The van der Waals surface area contributed by atoms with Crippen LogP contribution < -0.4 is 11.4 Å². The fraction of sp³-hybridized carbons (Fsp3) is 0.148. The first-order chi connectivity index (χ1) is 61.7. The molecule has 21 aromatic rings. The third-order valence-corrected chi connectivity index (χ3v) is 27.2. The third-order valence-electron chi connectivity index (χ3n) is 25.9. The smallest absolute Gasteiger partial charge is 0.577 e. The van der Waals surface area contributed by atoms with E-state index in [4.69, 9.17) is 21.3 Å². The summed E-state index contributed by atoms with van der Waals surface area (Å²) in [4.78, 5) is 9.45. The fourth-order valence-corrected chi connectivity index (χ4v) is 20.4. The number of benzene rings is 19. The number of hydrogen-bond donors (Lipinski definition) is 0. The molecular formula is C122H103AlN2O3. The van der Waals surface area contributed by atoms with E-state index in [2.05, 4.69) is 350 Å². The first-order valence-electron chi connectivity index (χ1n) is 44.9. The van der Waals surface area contributed by atoms with Gasteiger partial charge >= 0.3 is 15.1 Å². The zero-order valence-corrected chi connectivity index (χ0v) is 76.6. The summed E-state index contributed by atoms with van der Waals surface area (Å²) >= 11 is -2.83. The van der Waals surface area contributed by atoms with Gasteiger partial charge in [-0.25, -0.2) is 9.97 Å². The summed E-state index contributed by atoms with van der Waals surface area (Å²) in [5.74, 6) is 1.94. The number of aromatic nitrogens is 2. The van der Waals surface area contributed by atoms with Gasteiger partial charge in [-0.05, 0) is 289 Å². The van der Waals surface area contributed by atoms with E-state index in [-0.39, 0.29) is 21.7 Å². The van der Waals surface area contributed by atoms with Crippen molar-refractivity contribution in [3.05, 3.63) is 404 Å². The second-order valence-corrected chi connectivity index (χ2v) is 40.1. The number of rotatable bonds is 11. The van der Waals surface area contributed by atoms with Gasteiger partial charge in [-0.1, -0.05) is 386 Å². The third kappa shape index (κ3) is 16.0. The predicted molar refractivity (Wildman–Crippen MR) is 546 cm³/mol. The van der Waals surface area contributed by atoms with E-state index in [9.17, 15) is 0 Å². The SMILES string of the molecule is CC(C)(C)c1ccc2c(-c3ccc4c(c3)-c3cccc5c(-c6c(C(C)(C)C)ccc7cc(C(C)(C)C)ccc67)ccc-4c35)c(C(C)(C)C)ccc2c1.Cc1ccc2cccc([O][Al]([O]c3ccc(-c4ccccc4)cc3)[O]c3cccc4ccc(C)nc34)c2n1.c1ccc2c(c1)ccc1cc(-c3ccc4ccc(-c5ccc6c(ccc7ccccc76)c5)cc4c3)ccc12. The molecule has 2 aromatic heterocycles. The minimum absolute atomic E-state index is 0.0000204. The number of fused-ring (bicyclic) bond motifs is 14. The maximum absolute atomic E-state index is 6.49. The predicted octanol–water partition coefficient (Wildman–Crippen LogP) is 33.7. The number of aryl methyl sites for hydroxylation is 2. The van der Waals surface area contributed by atoms with Crippen LogP contribution in [-0.2, 0) is 21.7 Å². The molecular weight excluding hydrogens is 1570 g/mol. The Morgan fingerprint density at radius 2 is 0.602 bits per heavy atom. The van der Waals surface area contributed by atoms with Crippen molar-refractivity contribution in [2.75, 3.05) is 0 Å². The lowest BCUT2D eigenvalue weighted by Crippen LogP contribution is -2.37. The van der Waals surface area contributed by atoms with Crippen LogP contribution in [0, 0.1) is 13.8 Å². The van der Waals surface area contributed by atoms with Gasteiger partial charge in [0.25, 0.3) is 0 Å². The van der Waals surface area contributed by atoms with Crippen molar-refractivity contribution < 1.29 is 11.4 Å². The first-order valence-corrected chi connectivity index (χ1v) is 46.3. The largest absolute Gasteiger partial charge is 1.20 e. The second-order valence-electron chi connectivity index (χ2n) is 38.8. The molecule has 0 bridgehead atoms. The molecule has 128 heavy (non-hydrogen) atoms. The lowest BCUT2D eigenvalue weighted by Gasteiger charge is -2.26. The van der Waals surface area contributed by atoms with Crippen molar-refractivity contribution in [3.8, 4) is 95.1 Å². The maximum atomic E-state index is 6.49. The standard InChI is InChI=1S/C52H54.C38H24.C12H10O.2C10H9NO.Al/c1-49(2,3)34-19-22-36-31(28-34)17-26-44(51(7,8)9)46(36)33-16-21-38-41-24-25-42(39-14-13-15-40(47(39)41)43(38)30-33)48-37-23-20-35(50(4,5)6)29-32(37)18-27-45(48)52(10,11)12;1-3-7-35-26(5-1)11-15-32-21-30(17-19-37(32)35)28-13-9-25-10-14-29(24-34(25)23-28)31-18-20-38-33(22-31)16-12-27-6-2-4-8-36(27)38;13-12-8-6-11(7-9-12)10-4-2-1-3-5-10;2*1-7-5-6-8-3-2-4-9(12)10(8)11-7;/h13-30H,1-12H3;1-24H;1-9,13H;2*2-6,12H,1H3;/q;;;;;+3/p-3. The lowest BCUT2D eigenvalue weighted by atomic mass is 9.77. The van der Waals surface area contributed by atoms with Crippen LogP contribution >= 0.6 is 0 Å². The minimum Gasteiger partial charge on any atom is -0.577 e. The van der Waals surface area contributed by atoms with Gasteiger partial charge in [-0.3, -0.25) is 0 Å². The molecule has 6 heteroatoms. The molecule has 0 unspecified atom stereocenters. The summed E-state index contributed by atoms with van der Waals surface area (Å²) in [6, 6.07) is 134. The van der Waals surface area contributed by atoms with Gasteiger partial charge in [0.05, 0.1) is 5.75 Å². The molecule has 0 fully saturated rings. The van der Waals surface area contributed by atoms with Gasteiger partial charge in [0, 0.05) is 22.2 Å². The summed E-state index contributed by atoms with van der Waals surface area (Å²) in [7, 11) is 0. The molecule has 1 aliphatic rings. The highest BCUT2D eigenvalue weighted by Crippen LogP contribution is 2.54. The van der Waals surface area contributed by atoms with Crippen LogP contribution in [0.1, 0.15) is 117 Å². The molecule has 2 heterocycles. The quantitative estimate of drug-likeness (QED) is 0.0954. The van der Waals surface area contributed by atoms with Crippen molar-refractivity contribution in [3.63, 3.8) is 0 Å². The van der Waals surface area contributed by atoms with Crippen molar-refractivity contribution in [1.29, 1.82) is 0 Å². The number of nitrogens with zero attached hydrogens (tertiary/aromatic N) is 2. The number of pyridine rings is 2. The molecule has 1 aliphatic carbocycles. The lowest BCUT2D eigenvalue weighted by molar-refractivity contribution is 0.310. The van der Waals surface area contributed by atoms with Gasteiger partial charge in [0.1, 0.15) is 22.5 Å². The molecule has 5 nitrogen and oxygen atoms in total. The average Bonchev–Trinajstić information content (AvgIpc) is 1.52. The molecule has 22 rings (SSSR count). The Balaban J connectivity index is 0.000000123. The normalized spacial score (nSPS) is 12.1. The van der Waals surface area contributed by atoms with Crippen LogP contribution in [0.4, 0.5) is 0 Å². The van der Waals surface area contributed by atoms with E-state index in [0.717, 1.165) is 44.3 Å². The molecule has 0 N–H and O–H groups in total. The van der Waals surface area contributed by atoms with E-state index in [0.29, 0.717) is 17.2 Å². The molecule has 622 valence electrons. The van der Waals surface area contributed by atoms with Gasteiger partial charge in [0.15, 0.2) is 0 Å². The van der Waals surface area contributed by atoms with Crippen LogP contribution in [0.2, 0.25) is 0 Å². The van der Waals surface area contributed by atoms with Gasteiger partial charge < -0.3 is 11.4 Å². The van der Waals surface area contributed by atoms with E-state index in [1.807, 2.05) is 117 Å². The maximum Gasteiger partial charge on any atom is 1.20 e. The molecule has 0 amide bonds. The Labute approximate surface area is 756 Å². The Bertz CT molecular complexity index is 7730. The first kappa shape index (κ1) is 82.3. The van der Waals surface area contributed by atoms with Crippen molar-refractivity contribution in [2.24, 2.45) is 0 Å². The molecule has 0 spiro atoms. The summed E-state index contributed by atoms with van der Waals surface area (Å²) in [6.07, 6.45) is 0. The zero-order chi connectivity index (χ0) is 88.1. The van der Waals surface area contributed by atoms with Crippen LogP contribution in [0.5, 0.6) is 17.2 Å². The Morgan fingerprint density at radius 3 is 1.14 bits per heavy atom. The summed E-state index contributed by atoms with van der Waals surface area (Å²) in [6.45, 7) is 31.8. The Morgan fingerprint density at radius 1 is 0.219 bits per heavy atom. The van der Waals surface area contributed by atoms with E-state index in [1.165, 1.54) is 175 Å². The highest BCUT2D eigenvalue weighted by atomic mass is 27.3. The van der Waals surface area contributed by atoms with Gasteiger partial charge in [-0.2, -0.15) is 0 Å². The Kier molecular flexibility index (Phi) is 21.1. The van der Waals surface area contributed by atoms with E-state index >= 15 is 0 Å². The number of hydrogen-bond acceptors (Lipinski definition) is 5. The topological polar surface area (TPSA) is 53.5 Å². The van der Waals surface area contributed by atoms with E-state index in [1.54, 1.807) is 0 Å². The van der Waals surface area contributed by atoms with Crippen molar-refractivity contribution in [1.82, 2.24) is 9.97 Å². The van der Waals surface area contributed by atoms with Crippen LogP contribution in [0.15, 0.2) is 370 Å². The molecule has 0 saturated carbocycles. The average molecular weight is 1670 g/mol. The van der Waals surface area contributed by atoms with Gasteiger partial charge in [0.2, 0.25) is 0 Å². The summed E-state index contributed by atoms with van der Waals surface area (Å²) in [5, 5.41) is 22.9. The van der Waals surface area contributed by atoms with Crippen LogP contribution in [0.3, 0.4) is 0 Å². The molecule has 0 atom stereocenters. The van der Waals surface area contributed by atoms with Crippen molar-refractivity contribution >= 4 is 123 Å². The summed E-state index contributed by atoms with van der Waals surface area (Å²) < 4.78 is 19.4. The van der Waals surface area contributed by atoms with Crippen molar-refractivity contribution in [2.45, 2.75) is 119 Å². The molecule has 0 saturated heterocycles. The summed E-state index contributed by atoms with van der Waals surface area (Å²) in [5.41, 5.74) is 27.0. The van der Waals surface area contributed by atoms with Crippen LogP contribution in [-0.4, -0.2) is 25.1 Å². The van der Waals surface area contributed by atoms with Crippen LogP contribution in [0.25, 0.3) is 186 Å². The fourth-order valence-electron chi connectivity index (χ4n) is 19.0. The zero-order valence-electron chi connectivity index (χ0n) is 75.4. The second kappa shape index (κ2) is 32.8. The highest BCUT2D eigenvalue weighted by molar-refractivity contribution is 6.40. The Hall–Kier alpha value is -14.0. The van der Waals surface area contributed by atoms with Gasteiger partial charge in [-0.15, -0.1) is 0 Å². The molecule has 0 aliphatic heterocycles. The molecule has 0 radical (unpaired) electrons.